The Morgan fingerprint density at radius 3 is 2.83 bits per heavy atom. The maximum Gasteiger partial charge on any atom is 0.257 e. The molecule has 0 saturated carbocycles. The van der Waals surface area contributed by atoms with Gasteiger partial charge in [0.05, 0.1) is 5.56 Å². The van der Waals surface area contributed by atoms with Crippen molar-refractivity contribution in [3.8, 4) is 0 Å². The van der Waals surface area contributed by atoms with E-state index in [1.54, 1.807) is 12.4 Å². The number of anilines is 2. The molecule has 0 spiro atoms. The minimum atomic E-state index is 0.0190. The van der Waals surface area contributed by atoms with Gasteiger partial charge in [0.2, 0.25) is 5.95 Å². The van der Waals surface area contributed by atoms with Crippen LogP contribution in [0.5, 0.6) is 0 Å². The predicted molar refractivity (Wildman–Crippen MR) is 93.8 cm³/mol. The van der Waals surface area contributed by atoms with E-state index in [4.69, 9.17) is 0 Å². The number of hydrogen-bond acceptors (Lipinski definition) is 4. The molecule has 6 heteroatoms. The summed E-state index contributed by atoms with van der Waals surface area (Å²) in [6, 6.07) is 7.76. The fourth-order valence-corrected chi connectivity index (χ4v) is 3.15. The first-order chi connectivity index (χ1) is 11.1. The molecule has 0 bridgehead atoms. The molecule has 1 unspecified atom stereocenters. The zero-order chi connectivity index (χ0) is 16.2. The molecule has 1 saturated heterocycles. The van der Waals surface area contributed by atoms with Gasteiger partial charge in [-0.15, -0.1) is 0 Å². The summed E-state index contributed by atoms with van der Waals surface area (Å²) in [6.45, 7) is 3.82. The number of nitrogens with one attached hydrogen (secondary N) is 1. The van der Waals surface area contributed by atoms with E-state index < -0.39 is 0 Å². The van der Waals surface area contributed by atoms with E-state index in [9.17, 15) is 4.79 Å². The Hall–Kier alpha value is -1.95. The Kier molecular flexibility index (Phi) is 4.91. The van der Waals surface area contributed by atoms with Crippen molar-refractivity contribution >= 4 is 33.5 Å². The van der Waals surface area contributed by atoms with Crippen molar-refractivity contribution in [2.75, 3.05) is 18.4 Å². The maximum absolute atomic E-state index is 12.5. The van der Waals surface area contributed by atoms with Gasteiger partial charge in [-0.1, -0.05) is 28.9 Å². The summed E-state index contributed by atoms with van der Waals surface area (Å²) in [5, 5.41) is 3.12. The van der Waals surface area contributed by atoms with E-state index in [-0.39, 0.29) is 5.91 Å². The number of rotatable bonds is 3. The molecule has 0 aliphatic carbocycles. The third-order valence-corrected chi connectivity index (χ3v) is 4.42. The van der Waals surface area contributed by atoms with Gasteiger partial charge in [0.15, 0.2) is 0 Å². The van der Waals surface area contributed by atoms with Crippen molar-refractivity contribution in [3.05, 3.63) is 46.7 Å². The van der Waals surface area contributed by atoms with Gasteiger partial charge >= 0.3 is 0 Å². The van der Waals surface area contributed by atoms with Gasteiger partial charge < -0.3 is 10.2 Å². The molecule has 1 atom stereocenters. The van der Waals surface area contributed by atoms with Gasteiger partial charge in [-0.25, -0.2) is 9.97 Å². The highest BCUT2D eigenvalue weighted by molar-refractivity contribution is 9.10. The van der Waals surface area contributed by atoms with Gasteiger partial charge in [0, 0.05) is 35.6 Å². The number of benzene rings is 1. The Balaban J connectivity index is 1.68. The van der Waals surface area contributed by atoms with Crippen LogP contribution in [-0.2, 0) is 0 Å². The first-order valence-corrected chi connectivity index (χ1v) is 8.55. The molecule has 23 heavy (non-hydrogen) atoms. The lowest BCUT2D eigenvalue weighted by molar-refractivity contribution is 0.0682. The lowest BCUT2D eigenvalue weighted by atomic mass is 10.00. The Morgan fingerprint density at radius 2 is 2.13 bits per heavy atom. The van der Waals surface area contributed by atoms with Crippen molar-refractivity contribution in [1.29, 1.82) is 0 Å². The largest absolute Gasteiger partial charge is 0.338 e. The van der Waals surface area contributed by atoms with Crippen molar-refractivity contribution in [1.82, 2.24) is 14.9 Å². The van der Waals surface area contributed by atoms with Crippen LogP contribution in [0.1, 0.15) is 30.1 Å². The topological polar surface area (TPSA) is 58.1 Å². The average molecular weight is 375 g/mol. The number of amides is 1. The fraction of sp³-hybridized carbons (Fsp3) is 0.353. The molecule has 1 fully saturated rings. The molecule has 120 valence electrons. The molecule has 2 aromatic rings. The predicted octanol–water partition coefficient (Wildman–Crippen LogP) is 3.85. The second kappa shape index (κ2) is 7.08. The SMILES string of the molecule is CC1CCCN(C(=O)c2cnc(Nc3cccc(Br)c3)nc2)C1. The fourth-order valence-electron chi connectivity index (χ4n) is 2.75. The van der Waals surface area contributed by atoms with E-state index in [0.717, 1.165) is 29.7 Å². The monoisotopic (exact) mass is 374 g/mol. The molecule has 3 rings (SSSR count). The second-order valence-electron chi connectivity index (χ2n) is 5.93. The highest BCUT2D eigenvalue weighted by Crippen LogP contribution is 2.20. The van der Waals surface area contributed by atoms with Crippen molar-refractivity contribution in [2.24, 2.45) is 5.92 Å². The number of hydrogen-bond donors (Lipinski definition) is 1. The maximum atomic E-state index is 12.5. The lowest BCUT2D eigenvalue weighted by Crippen LogP contribution is -2.39. The van der Waals surface area contributed by atoms with Crippen LogP contribution in [0.2, 0.25) is 0 Å². The molecule has 1 aliphatic heterocycles. The van der Waals surface area contributed by atoms with E-state index in [2.05, 4.69) is 38.1 Å². The Labute approximate surface area is 144 Å². The molecular formula is C17H19BrN4O. The minimum absolute atomic E-state index is 0.0190. The van der Waals surface area contributed by atoms with E-state index in [0.29, 0.717) is 17.4 Å². The van der Waals surface area contributed by atoms with Crippen LogP contribution in [0.4, 0.5) is 11.6 Å². The zero-order valence-electron chi connectivity index (χ0n) is 13.0. The third kappa shape index (κ3) is 4.07. The molecule has 2 heterocycles. The summed E-state index contributed by atoms with van der Waals surface area (Å²) >= 11 is 3.42. The van der Waals surface area contributed by atoms with Gasteiger partial charge in [-0.2, -0.15) is 0 Å². The minimum Gasteiger partial charge on any atom is -0.338 e. The molecular weight excluding hydrogens is 356 g/mol. The van der Waals surface area contributed by atoms with Crippen LogP contribution >= 0.6 is 15.9 Å². The molecule has 1 aromatic heterocycles. The number of carbonyl (C=O) groups excluding carboxylic acids is 1. The average Bonchev–Trinajstić information content (AvgIpc) is 2.55. The number of aromatic nitrogens is 2. The van der Waals surface area contributed by atoms with Gasteiger partial charge in [-0.05, 0) is 37.0 Å². The lowest BCUT2D eigenvalue weighted by Gasteiger charge is -2.30. The summed E-state index contributed by atoms with van der Waals surface area (Å²) in [5.74, 6) is 1.06. The highest BCUT2D eigenvalue weighted by atomic mass is 79.9. The van der Waals surface area contributed by atoms with E-state index >= 15 is 0 Å². The van der Waals surface area contributed by atoms with Crippen LogP contribution in [0.25, 0.3) is 0 Å². The Bertz CT molecular complexity index is 689. The van der Waals surface area contributed by atoms with Crippen molar-refractivity contribution in [3.63, 3.8) is 0 Å². The quantitative estimate of drug-likeness (QED) is 0.885. The molecule has 1 aromatic carbocycles. The van der Waals surface area contributed by atoms with Crippen LogP contribution in [0, 0.1) is 5.92 Å². The second-order valence-corrected chi connectivity index (χ2v) is 6.84. The summed E-state index contributed by atoms with van der Waals surface area (Å²) in [6.07, 6.45) is 5.44. The van der Waals surface area contributed by atoms with Gasteiger partial charge in [0.1, 0.15) is 0 Å². The summed E-state index contributed by atoms with van der Waals surface area (Å²) in [5.41, 5.74) is 1.43. The molecule has 0 radical (unpaired) electrons. The van der Waals surface area contributed by atoms with Crippen LogP contribution in [0.3, 0.4) is 0 Å². The molecule has 1 aliphatic rings. The normalized spacial score (nSPS) is 17.8. The summed E-state index contributed by atoms with van der Waals surface area (Å²) < 4.78 is 0.980. The molecule has 1 N–H and O–H groups in total. The summed E-state index contributed by atoms with van der Waals surface area (Å²) in [7, 11) is 0. The zero-order valence-corrected chi connectivity index (χ0v) is 14.6. The van der Waals surface area contributed by atoms with Gasteiger partial charge in [0.25, 0.3) is 5.91 Å². The standard InChI is InChI=1S/C17H19BrN4O/c1-12-4-3-7-22(11-12)16(23)13-9-19-17(20-10-13)21-15-6-2-5-14(18)8-15/h2,5-6,8-10,12H,3-4,7,11H2,1H3,(H,19,20,21). The first kappa shape index (κ1) is 15.9. The van der Waals surface area contributed by atoms with E-state index in [1.807, 2.05) is 29.2 Å². The van der Waals surface area contributed by atoms with Crippen molar-refractivity contribution in [2.45, 2.75) is 19.8 Å². The van der Waals surface area contributed by atoms with Crippen LogP contribution in [-0.4, -0.2) is 33.9 Å². The van der Waals surface area contributed by atoms with Gasteiger partial charge in [-0.3, -0.25) is 4.79 Å². The highest BCUT2D eigenvalue weighted by Gasteiger charge is 2.22. The van der Waals surface area contributed by atoms with E-state index in [1.165, 1.54) is 6.42 Å². The third-order valence-electron chi connectivity index (χ3n) is 3.92. The number of carbonyl (C=O) groups is 1. The number of likely N-dealkylation sites (tertiary alicyclic amines) is 1. The van der Waals surface area contributed by atoms with Crippen LogP contribution < -0.4 is 5.32 Å². The number of nitrogens with zero attached hydrogens (tertiary/aromatic N) is 3. The smallest absolute Gasteiger partial charge is 0.257 e. The Morgan fingerprint density at radius 1 is 1.35 bits per heavy atom. The number of halogens is 1. The van der Waals surface area contributed by atoms with Crippen molar-refractivity contribution < 1.29 is 4.79 Å². The summed E-state index contributed by atoms with van der Waals surface area (Å²) in [4.78, 5) is 22.9. The van der Waals surface area contributed by atoms with Crippen LogP contribution in [0.15, 0.2) is 41.1 Å². The number of piperidine rings is 1. The molecule has 5 nitrogen and oxygen atoms in total. The first-order valence-electron chi connectivity index (χ1n) is 7.76. The molecule has 1 amide bonds.